The summed E-state index contributed by atoms with van der Waals surface area (Å²) < 4.78 is 16.8. The van der Waals surface area contributed by atoms with Gasteiger partial charge in [-0.3, -0.25) is 4.79 Å². The van der Waals surface area contributed by atoms with Gasteiger partial charge in [-0.1, -0.05) is 0 Å². The summed E-state index contributed by atoms with van der Waals surface area (Å²) in [5.41, 5.74) is 3.77. The molecule has 2 aromatic heterocycles. The highest BCUT2D eigenvalue weighted by atomic mass is 19.1. The molecule has 33 heavy (non-hydrogen) atoms. The normalized spacial score (nSPS) is 16.3. The minimum Gasteiger partial charge on any atom is -0.348 e. The van der Waals surface area contributed by atoms with Crippen molar-refractivity contribution >= 4 is 29.0 Å². The molecule has 172 valence electrons. The number of hydrogen-bond acceptors (Lipinski definition) is 7. The van der Waals surface area contributed by atoms with Crippen molar-refractivity contribution < 1.29 is 9.18 Å². The SMILES string of the molecule is CC(C)n1cnc2c1CN(c1nc(Nc3ccc(N4CCNCC4=O)cc3)ncc1F)CC2. The zero-order valence-electron chi connectivity index (χ0n) is 18.8. The number of fused-ring (bicyclic) bond motifs is 1. The number of rotatable bonds is 5. The third-order valence-corrected chi connectivity index (χ3v) is 6.05. The minimum atomic E-state index is -0.452. The van der Waals surface area contributed by atoms with E-state index in [-0.39, 0.29) is 17.8 Å². The minimum absolute atomic E-state index is 0.0527. The van der Waals surface area contributed by atoms with E-state index in [0.717, 1.165) is 35.7 Å². The van der Waals surface area contributed by atoms with E-state index in [1.165, 1.54) is 6.20 Å². The monoisotopic (exact) mass is 450 g/mol. The molecular weight excluding hydrogens is 423 g/mol. The lowest BCUT2D eigenvalue weighted by Crippen LogP contribution is -2.48. The van der Waals surface area contributed by atoms with Crippen LogP contribution in [0.5, 0.6) is 0 Å². The number of anilines is 4. The first kappa shape index (κ1) is 21.3. The zero-order chi connectivity index (χ0) is 22.9. The van der Waals surface area contributed by atoms with Crippen LogP contribution in [0.2, 0.25) is 0 Å². The summed E-state index contributed by atoms with van der Waals surface area (Å²) in [6, 6.07) is 7.79. The fourth-order valence-electron chi connectivity index (χ4n) is 4.31. The van der Waals surface area contributed by atoms with Crippen molar-refractivity contribution in [1.82, 2.24) is 24.8 Å². The van der Waals surface area contributed by atoms with Crippen LogP contribution in [0.4, 0.5) is 27.5 Å². The van der Waals surface area contributed by atoms with Crippen molar-refractivity contribution in [2.24, 2.45) is 0 Å². The van der Waals surface area contributed by atoms with Crippen LogP contribution < -0.4 is 20.4 Å². The Balaban J connectivity index is 1.33. The number of halogens is 1. The Morgan fingerprint density at radius 3 is 2.73 bits per heavy atom. The van der Waals surface area contributed by atoms with Crippen molar-refractivity contribution in [2.45, 2.75) is 32.9 Å². The number of imidazole rings is 1. The van der Waals surface area contributed by atoms with Gasteiger partial charge in [0, 0.05) is 43.5 Å². The van der Waals surface area contributed by atoms with Gasteiger partial charge >= 0.3 is 0 Å². The lowest BCUT2D eigenvalue weighted by atomic mass is 10.1. The van der Waals surface area contributed by atoms with Crippen LogP contribution in [0.25, 0.3) is 0 Å². The van der Waals surface area contributed by atoms with Gasteiger partial charge in [-0.15, -0.1) is 0 Å². The molecule has 9 nitrogen and oxygen atoms in total. The highest BCUT2D eigenvalue weighted by Crippen LogP contribution is 2.28. The smallest absolute Gasteiger partial charge is 0.240 e. The Hall–Kier alpha value is -3.53. The number of hydrogen-bond donors (Lipinski definition) is 2. The van der Waals surface area contributed by atoms with Gasteiger partial charge in [-0.2, -0.15) is 4.98 Å². The molecule has 3 aromatic rings. The van der Waals surface area contributed by atoms with Crippen LogP contribution in [-0.4, -0.2) is 51.6 Å². The van der Waals surface area contributed by atoms with Crippen LogP contribution in [-0.2, 0) is 17.8 Å². The summed E-state index contributed by atoms with van der Waals surface area (Å²) in [6.45, 7) is 7.17. The molecule has 2 aliphatic heterocycles. The van der Waals surface area contributed by atoms with E-state index in [0.29, 0.717) is 32.1 Å². The first-order valence-corrected chi connectivity index (χ1v) is 11.2. The summed E-state index contributed by atoms with van der Waals surface area (Å²) in [5.74, 6) is 0.197. The Morgan fingerprint density at radius 2 is 1.97 bits per heavy atom. The summed E-state index contributed by atoms with van der Waals surface area (Å²) in [5, 5.41) is 6.21. The first-order chi connectivity index (χ1) is 16.0. The van der Waals surface area contributed by atoms with Gasteiger partial charge in [0.15, 0.2) is 11.6 Å². The molecule has 10 heteroatoms. The largest absolute Gasteiger partial charge is 0.348 e. The van der Waals surface area contributed by atoms with Crippen molar-refractivity contribution in [2.75, 3.05) is 41.3 Å². The van der Waals surface area contributed by atoms with E-state index < -0.39 is 5.82 Å². The van der Waals surface area contributed by atoms with Crippen molar-refractivity contribution in [3.8, 4) is 0 Å². The number of nitrogens with zero attached hydrogens (tertiary/aromatic N) is 6. The van der Waals surface area contributed by atoms with Gasteiger partial charge in [0.25, 0.3) is 0 Å². The Bertz CT molecular complexity index is 1160. The molecular formula is C23H27FN8O. The fourth-order valence-corrected chi connectivity index (χ4v) is 4.31. The second kappa shape index (κ2) is 8.78. The van der Waals surface area contributed by atoms with Crippen LogP contribution in [0.15, 0.2) is 36.8 Å². The maximum atomic E-state index is 14.7. The number of aromatic nitrogens is 4. The maximum absolute atomic E-state index is 14.7. The van der Waals surface area contributed by atoms with Gasteiger partial charge in [-0.05, 0) is 38.1 Å². The van der Waals surface area contributed by atoms with Gasteiger partial charge in [0.1, 0.15) is 0 Å². The van der Waals surface area contributed by atoms with Crippen LogP contribution in [0.3, 0.4) is 0 Å². The molecule has 4 heterocycles. The number of nitrogens with one attached hydrogen (secondary N) is 2. The topological polar surface area (TPSA) is 91.2 Å². The third-order valence-electron chi connectivity index (χ3n) is 6.05. The Kier molecular flexibility index (Phi) is 5.67. The van der Waals surface area contributed by atoms with Crippen LogP contribution >= 0.6 is 0 Å². The number of benzene rings is 1. The highest BCUT2D eigenvalue weighted by molar-refractivity contribution is 5.95. The molecule has 1 fully saturated rings. The standard InChI is InChI=1S/C23H27FN8O/c1-15(2)32-14-27-19-7-9-30(13-20(19)32)22-18(24)11-26-23(29-22)28-16-3-5-17(6-4-16)31-10-8-25-12-21(31)33/h3-6,11,14-15,25H,7-10,12-13H2,1-2H3,(H,26,28,29). The molecule has 0 atom stereocenters. The number of piperazine rings is 1. The zero-order valence-corrected chi connectivity index (χ0v) is 18.8. The molecule has 0 spiro atoms. The molecule has 5 rings (SSSR count). The summed E-state index contributed by atoms with van der Waals surface area (Å²) in [4.78, 5) is 28.9. The number of carbonyl (C=O) groups is 1. The van der Waals surface area contributed by atoms with E-state index in [1.807, 2.05) is 35.5 Å². The molecule has 0 radical (unpaired) electrons. The predicted molar refractivity (Wildman–Crippen MR) is 124 cm³/mol. The van der Waals surface area contributed by atoms with Crippen LogP contribution in [0.1, 0.15) is 31.3 Å². The fraction of sp³-hybridized carbons (Fsp3) is 0.391. The van der Waals surface area contributed by atoms with E-state index in [2.05, 4.69) is 44.0 Å². The van der Waals surface area contributed by atoms with E-state index in [9.17, 15) is 9.18 Å². The van der Waals surface area contributed by atoms with Gasteiger partial charge in [0.2, 0.25) is 11.9 Å². The second-order valence-electron chi connectivity index (χ2n) is 8.57. The summed E-state index contributed by atoms with van der Waals surface area (Å²) >= 11 is 0. The first-order valence-electron chi connectivity index (χ1n) is 11.2. The molecule has 0 saturated carbocycles. The molecule has 0 aliphatic carbocycles. The average Bonchev–Trinajstić information content (AvgIpc) is 3.25. The van der Waals surface area contributed by atoms with Crippen molar-refractivity contribution in [3.05, 3.63) is 54.0 Å². The summed E-state index contributed by atoms with van der Waals surface area (Å²) in [6.07, 6.45) is 3.81. The molecule has 0 bridgehead atoms. The lowest BCUT2D eigenvalue weighted by molar-refractivity contribution is -0.118. The number of amides is 1. The highest BCUT2D eigenvalue weighted by Gasteiger charge is 2.25. The van der Waals surface area contributed by atoms with Gasteiger partial charge < -0.3 is 25.0 Å². The third kappa shape index (κ3) is 4.25. The second-order valence-corrected chi connectivity index (χ2v) is 8.57. The molecule has 2 aliphatic rings. The molecule has 1 aromatic carbocycles. The van der Waals surface area contributed by atoms with Gasteiger partial charge in [-0.25, -0.2) is 14.4 Å². The molecule has 1 amide bonds. The maximum Gasteiger partial charge on any atom is 0.240 e. The van der Waals surface area contributed by atoms with E-state index >= 15 is 0 Å². The molecule has 0 unspecified atom stereocenters. The van der Waals surface area contributed by atoms with E-state index in [4.69, 9.17) is 0 Å². The Morgan fingerprint density at radius 1 is 1.15 bits per heavy atom. The predicted octanol–water partition coefficient (Wildman–Crippen LogP) is 2.64. The lowest BCUT2D eigenvalue weighted by Gasteiger charge is -2.29. The van der Waals surface area contributed by atoms with Crippen LogP contribution in [0, 0.1) is 5.82 Å². The summed E-state index contributed by atoms with van der Waals surface area (Å²) in [7, 11) is 0. The van der Waals surface area contributed by atoms with E-state index in [1.54, 1.807) is 4.90 Å². The number of carbonyl (C=O) groups excluding carboxylic acids is 1. The van der Waals surface area contributed by atoms with Crippen molar-refractivity contribution in [1.29, 1.82) is 0 Å². The average molecular weight is 451 g/mol. The molecule has 1 saturated heterocycles. The Labute approximate surface area is 191 Å². The van der Waals surface area contributed by atoms with Gasteiger partial charge in [0.05, 0.1) is 37.0 Å². The quantitative estimate of drug-likeness (QED) is 0.618. The molecule has 2 N–H and O–H groups in total. The van der Waals surface area contributed by atoms with Crippen molar-refractivity contribution in [3.63, 3.8) is 0 Å².